The van der Waals surface area contributed by atoms with Crippen molar-refractivity contribution >= 4 is 11.6 Å². The smallest absolute Gasteiger partial charge is 0.226 e. The Labute approximate surface area is 64.0 Å². The van der Waals surface area contributed by atoms with Crippen LogP contribution >= 0.6 is 0 Å². The first kappa shape index (κ1) is 7.88. The third-order valence-electron chi connectivity index (χ3n) is 1.45. The topological polar surface area (TPSA) is 54.4 Å². The van der Waals surface area contributed by atoms with Crippen molar-refractivity contribution in [1.29, 1.82) is 0 Å². The van der Waals surface area contributed by atoms with E-state index in [4.69, 9.17) is 5.11 Å². The fourth-order valence-corrected chi connectivity index (χ4v) is 0.785. The molecule has 0 fully saturated rings. The summed E-state index contributed by atoms with van der Waals surface area (Å²) in [5.74, 6) is -1.10. The maximum atomic E-state index is 10.7. The van der Waals surface area contributed by atoms with Crippen molar-refractivity contribution in [2.75, 3.05) is 0 Å². The Kier molecular flexibility index (Phi) is 2.01. The molecule has 1 unspecified atom stereocenters. The summed E-state index contributed by atoms with van der Waals surface area (Å²) < 4.78 is 0. The Bertz CT molecular complexity index is 259. The lowest BCUT2D eigenvalue weighted by molar-refractivity contribution is -0.131. The maximum Gasteiger partial charge on any atom is 0.226 e. The molecule has 1 rings (SSSR count). The predicted molar refractivity (Wildman–Crippen MR) is 38.9 cm³/mol. The van der Waals surface area contributed by atoms with E-state index in [0.717, 1.165) is 6.08 Å². The van der Waals surface area contributed by atoms with E-state index in [1.54, 1.807) is 6.92 Å². The van der Waals surface area contributed by atoms with Crippen molar-refractivity contribution in [3.05, 3.63) is 23.8 Å². The molecular formula is C8H8O3. The third-order valence-corrected chi connectivity index (χ3v) is 1.45. The molecule has 0 aromatic carbocycles. The molecule has 3 nitrogen and oxygen atoms in total. The van der Waals surface area contributed by atoms with Crippen molar-refractivity contribution in [3.8, 4) is 0 Å². The van der Waals surface area contributed by atoms with Crippen LogP contribution in [0.15, 0.2) is 23.8 Å². The summed E-state index contributed by atoms with van der Waals surface area (Å²) in [6, 6.07) is 0. The van der Waals surface area contributed by atoms with Crippen LogP contribution in [-0.2, 0) is 9.59 Å². The zero-order chi connectivity index (χ0) is 8.43. The monoisotopic (exact) mass is 152 g/mol. The summed E-state index contributed by atoms with van der Waals surface area (Å²) in [7, 11) is 0. The Morgan fingerprint density at radius 1 is 1.27 bits per heavy atom. The van der Waals surface area contributed by atoms with Crippen LogP contribution in [0.25, 0.3) is 0 Å². The molecule has 3 heteroatoms. The highest BCUT2D eigenvalue weighted by atomic mass is 16.3. The van der Waals surface area contributed by atoms with Gasteiger partial charge in [0.2, 0.25) is 11.6 Å². The van der Waals surface area contributed by atoms with Gasteiger partial charge in [-0.3, -0.25) is 9.59 Å². The Morgan fingerprint density at radius 2 is 1.91 bits per heavy atom. The molecule has 1 N–H and O–H groups in total. The second kappa shape index (κ2) is 2.80. The van der Waals surface area contributed by atoms with Crippen LogP contribution in [0.1, 0.15) is 6.92 Å². The van der Waals surface area contributed by atoms with E-state index in [1.807, 2.05) is 0 Å². The fraction of sp³-hybridized carbons (Fsp3) is 0.250. The third kappa shape index (κ3) is 1.62. The van der Waals surface area contributed by atoms with Gasteiger partial charge in [0, 0.05) is 0 Å². The summed E-state index contributed by atoms with van der Waals surface area (Å²) in [5, 5.41) is 9.00. The molecule has 58 valence electrons. The molecule has 0 radical (unpaired) electrons. The quantitative estimate of drug-likeness (QED) is 0.425. The number of rotatable bonds is 1. The second-order valence-corrected chi connectivity index (χ2v) is 2.38. The van der Waals surface area contributed by atoms with Gasteiger partial charge < -0.3 is 5.11 Å². The molecular weight excluding hydrogens is 144 g/mol. The van der Waals surface area contributed by atoms with Crippen LogP contribution in [0.4, 0.5) is 0 Å². The van der Waals surface area contributed by atoms with Gasteiger partial charge in [-0.2, -0.15) is 0 Å². The van der Waals surface area contributed by atoms with Gasteiger partial charge in [0.15, 0.2) is 0 Å². The predicted octanol–water partition coefficient (Wildman–Crippen LogP) is 0.00160. The van der Waals surface area contributed by atoms with Gasteiger partial charge >= 0.3 is 0 Å². The first-order valence-electron chi connectivity index (χ1n) is 3.27. The number of carbonyl (C=O) groups is 2. The van der Waals surface area contributed by atoms with Crippen molar-refractivity contribution in [3.63, 3.8) is 0 Å². The lowest BCUT2D eigenvalue weighted by atomic mass is 10.0. The molecule has 0 aromatic heterocycles. The number of hydrogen-bond donors (Lipinski definition) is 1. The highest BCUT2D eigenvalue weighted by molar-refractivity contribution is 6.46. The van der Waals surface area contributed by atoms with Crippen LogP contribution in [0.5, 0.6) is 0 Å². The van der Waals surface area contributed by atoms with Crippen LogP contribution in [-0.4, -0.2) is 22.8 Å². The van der Waals surface area contributed by atoms with Gasteiger partial charge in [-0.25, -0.2) is 0 Å². The van der Waals surface area contributed by atoms with E-state index in [-0.39, 0.29) is 0 Å². The lowest BCUT2D eigenvalue weighted by Crippen LogP contribution is -2.15. The minimum absolute atomic E-state index is 0.481. The highest BCUT2D eigenvalue weighted by Gasteiger charge is 2.14. The van der Waals surface area contributed by atoms with Gasteiger partial charge in [-0.15, -0.1) is 0 Å². The number of aliphatic hydroxyl groups excluding tert-OH is 1. The van der Waals surface area contributed by atoms with Crippen molar-refractivity contribution < 1.29 is 14.7 Å². The number of aliphatic hydroxyl groups is 1. The Morgan fingerprint density at radius 3 is 2.36 bits per heavy atom. The zero-order valence-corrected chi connectivity index (χ0v) is 6.07. The summed E-state index contributed by atoms with van der Waals surface area (Å²) in [6.07, 6.45) is 3.09. The van der Waals surface area contributed by atoms with Crippen LogP contribution in [0.2, 0.25) is 0 Å². The normalized spacial score (nSPS) is 20.0. The lowest BCUT2D eigenvalue weighted by Gasteiger charge is -2.07. The maximum absolute atomic E-state index is 10.7. The number of allylic oxidation sites excluding steroid dienone is 2. The van der Waals surface area contributed by atoms with E-state index >= 15 is 0 Å². The van der Waals surface area contributed by atoms with Gasteiger partial charge in [0.25, 0.3) is 0 Å². The summed E-state index contributed by atoms with van der Waals surface area (Å²) >= 11 is 0. The van der Waals surface area contributed by atoms with Gasteiger partial charge in [-0.1, -0.05) is 6.08 Å². The average molecular weight is 152 g/mol. The van der Waals surface area contributed by atoms with Crippen LogP contribution in [0, 0.1) is 0 Å². The van der Waals surface area contributed by atoms with E-state index in [2.05, 4.69) is 0 Å². The minimum atomic E-state index is -0.691. The molecule has 0 aliphatic heterocycles. The van der Waals surface area contributed by atoms with Crippen molar-refractivity contribution in [2.45, 2.75) is 13.0 Å². The van der Waals surface area contributed by atoms with E-state index in [0.29, 0.717) is 5.57 Å². The van der Waals surface area contributed by atoms with E-state index in [1.165, 1.54) is 12.2 Å². The van der Waals surface area contributed by atoms with Gasteiger partial charge in [0.05, 0.1) is 6.10 Å². The largest absolute Gasteiger partial charge is 0.389 e. The fourth-order valence-electron chi connectivity index (χ4n) is 0.785. The molecule has 1 aliphatic rings. The molecule has 0 spiro atoms. The van der Waals surface area contributed by atoms with Gasteiger partial charge in [-0.05, 0) is 24.6 Å². The molecule has 0 amide bonds. The van der Waals surface area contributed by atoms with Crippen molar-refractivity contribution in [1.82, 2.24) is 0 Å². The second-order valence-electron chi connectivity index (χ2n) is 2.38. The SMILES string of the molecule is CC(O)C1=CC(=O)C(=O)C=C1. The van der Waals surface area contributed by atoms with E-state index < -0.39 is 17.7 Å². The molecule has 1 aliphatic carbocycles. The zero-order valence-electron chi connectivity index (χ0n) is 6.07. The van der Waals surface area contributed by atoms with Crippen molar-refractivity contribution in [2.24, 2.45) is 0 Å². The van der Waals surface area contributed by atoms with E-state index in [9.17, 15) is 9.59 Å². The first-order valence-corrected chi connectivity index (χ1v) is 3.27. The standard InChI is InChI=1S/C8H8O3/c1-5(9)6-2-3-7(10)8(11)4-6/h2-5,9H,1H3. The average Bonchev–Trinajstić information content (AvgIpc) is 1.94. The highest BCUT2D eigenvalue weighted by Crippen LogP contribution is 2.08. The molecule has 0 aromatic rings. The summed E-state index contributed by atoms with van der Waals surface area (Å²) in [5.41, 5.74) is 0.481. The first-order chi connectivity index (χ1) is 5.11. The molecule has 11 heavy (non-hydrogen) atoms. The molecule has 0 saturated heterocycles. The van der Waals surface area contributed by atoms with Crippen LogP contribution in [0.3, 0.4) is 0 Å². The molecule has 0 heterocycles. The minimum Gasteiger partial charge on any atom is -0.389 e. The van der Waals surface area contributed by atoms with Crippen LogP contribution < -0.4 is 0 Å². The summed E-state index contributed by atoms with van der Waals surface area (Å²) in [4.78, 5) is 21.3. The van der Waals surface area contributed by atoms with Gasteiger partial charge in [0.1, 0.15) is 0 Å². The molecule has 0 bridgehead atoms. The Hall–Kier alpha value is -1.22. The Balaban J connectivity index is 2.89. The number of ketones is 2. The summed E-state index contributed by atoms with van der Waals surface area (Å²) in [6.45, 7) is 1.54. The molecule has 0 saturated carbocycles. The number of carbonyl (C=O) groups excluding carboxylic acids is 2. The molecule has 1 atom stereocenters. The number of hydrogen-bond acceptors (Lipinski definition) is 3.